The van der Waals surface area contributed by atoms with Gasteiger partial charge in [0, 0.05) is 24.5 Å². The van der Waals surface area contributed by atoms with E-state index in [1.165, 1.54) is 10.3 Å². The van der Waals surface area contributed by atoms with Gasteiger partial charge in [0.1, 0.15) is 0 Å². The first-order chi connectivity index (χ1) is 7.09. The Bertz CT molecular complexity index is 513. The Labute approximate surface area is 93.1 Å². The molecule has 0 N–H and O–H groups in total. The van der Waals surface area contributed by atoms with Crippen molar-refractivity contribution < 1.29 is 4.79 Å². The van der Waals surface area contributed by atoms with Gasteiger partial charge in [-0.3, -0.25) is 4.79 Å². The molecule has 2 rings (SSSR count). The Morgan fingerprint density at radius 3 is 2.73 bits per heavy atom. The molecule has 0 spiro atoms. The summed E-state index contributed by atoms with van der Waals surface area (Å²) < 4.78 is 0. The van der Waals surface area contributed by atoms with Crippen LogP contribution < -0.4 is 0 Å². The van der Waals surface area contributed by atoms with Crippen LogP contribution in [-0.4, -0.2) is 24.9 Å². The molecule has 2 nitrogen and oxygen atoms in total. The largest absolute Gasteiger partial charge is 0.345 e. The van der Waals surface area contributed by atoms with Crippen molar-refractivity contribution >= 4 is 28.0 Å². The SMILES string of the molecule is Cc1scc2cc(C(=O)N(C)C)ccc12. The maximum Gasteiger partial charge on any atom is 0.253 e. The van der Waals surface area contributed by atoms with E-state index in [1.54, 1.807) is 30.3 Å². The molecule has 78 valence electrons. The standard InChI is InChI=1S/C12H13NOS/c1-8-11-5-4-9(12(14)13(2)3)6-10(11)7-15-8/h4-7H,1-3H3. The van der Waals surface area contributed by atoms with Crippen LogP contribution >= 0.6 is 11.3 Å². The van der Waals surface area contributed by atoms with E-state index in [9.17, 15) is 4.79 Å². The van der Waals surface area contributed by atoms with Gasteiger partial charge in [-0.05, 0) is 35.2 Å². The smallest absolute Gasteiger partial charge is 0.253 e. The maximum absolute atomic E-state index is 11.7. The zero-order valence-electron chi connectivity index (χ0n) is 9.07. The molecule has 0 aliphatic rings. The highest BCUT2D eigenvalue weighted by atomic mass is 32.1. The quantitative estimate of drug-likeness (QED) is 0.722. The summed E-state index contributed by atoms with van der Waals surface area (Å²) in [6.45, 7) is 2.10. The Morgan fingerprint density at radius 1 is 1.33 bits per heavy atom. The number of benzene rings is 1. The van der Waals surface area contributed by atoms with Crippen LogP contribution in [0.3, 0.4) is 0 Å². The average Bonchev–Trinajstić information content (AvgIpc) is 2.59. The minimum Gasteiger partial charge on any atom is -0.345 e. The number of amides is 1. The summed E-state index contributed by atoms with van der Waals surface area (Å²) in [5.74, 6) is 0.0563. The molecule has 0 unspecified atom stereocenters. The molecular formula is C12H13NOS. The van der Waals surface area contributed by atoms with Crippen molar-refractivity contribution in [3.8, 4) is 0 Å². The van der Waals surface area contributed by atoms with Crippen molar-refractivity contribution in [3.63, 3.8) is 0 Å². The number of carbonyl (C=O) groups excluding carboxylic acids is 1. The number of carbonyl (C=O) groups is 1. The van der Waals surface area contributed by atoms with E-state index in [0.717, 1.165) is 10.9 Å². The van der Waals surface area contributed by atoms with Crippen LogP contribution in [0.2, 0.25) is 0 Å². The first-order valence-electron chi connectivity index (χ1n) is 4.79. The van der Waals surface area contributed by atoms with Crippen LogP contribution in [0.4, 0.5) is 0 Å². The predicted molar refractivity (Wildman–Crippen MR) is 64.6 cm³/mol. The van der Waals surface area contributed by atoms with Gasteiger partial charge < -0.3 is 4.90 Å². The maximum atomic E-state index is 11.7. The number of thiophene rings is 1. The second kappa shape index (κ2) is 3.66. The second-order valence-corrected chi connectivity index (χ2v) is 4.88. The van der Waals surface area contributed by atoms with Crippen LogP contribution in [-0.2, 0) is 0 Å². The second-order valence-electron chi connectivity index (χ2n) is 3.79. The van der Waals surface area contributed by atoms with E-state index in [2.05, 4.69) is 12.3 Å². The third-order valence-corrected chi connectivity index (χ3v) is 3.39. The van der Waals surface area contributed by atoms with Gasteiger partial charge in [0.25, 0.3) is 5.91 Å². The van der Waals surface area contributed by atoms with Crippen molar-refractivity contribution in [2.45, 2.75) is 6.92 Å². The molecule has 0 aliphatic heterocycles. The molecule has 1 aromatic heterocycles. The zero-order valence-corrected chi connectivity index (χ0v) is 9.89. The lowest BCUT2D eigenvalue weighted by Crippen LogP contribution is -2.21. The molecule has 0 radical (unpaired) electrons. The lowest BCUT2D eigenvalue weighted by molar-refractivity contribution is 0.0828. The molecule has 0 aliphatic carbocycles. The molecule has 2 aromatic rings. The summed E-state index contributed by atoms with van der Waals surface area (Å²) in [7, 11) is 3.54. The van der Waals surface area contributed by atoms with Crippen LogP contribution in [0.15, 0.2) is 23.6 Å². The van der Waals surface area contributed by atoms with E-state index in [4.69, 9.17) is 0 Å². The van der Waals surface area contributed by atoms with Gasteiger partial charge in [-0.1, -0.05) is 6.07 Å². The fraction of sp³-hybridized carbons (Fsp3) is 0.250. The van der Waals surface area contributed by atoms with Crippen molar-refractivity contribution in [2.75, 3.05) is 14.1 Å². The molecule has 0 fully saturated rings. The molecule has 0 bridgehead atoms. The van der Waals surface area contributed by atoms with Crippen molar-refractivity contribution in [1.82, 2.24) is 4.90 Å². The molecule has 0 saturated heterocycles. The third-order valence-electron chi connectivity index (χ3n) is 2.45. The molecule has 3 heteroatoms. The van der Waals surface area contributed by atoms with Gasteiger partial charge in [0.2, 0.25) is 0 Å². The minimum absolute atomic E-state index is 0.0563. The van der Waals surface area contributed by atoms with Gasteiger partial charge in [-0.15, -0.1) is 11.3 Å². The van der Waals surface area contributed by atoms with Gasteiger partial charge >= 0.3 is 0 Å². The summed E-state index contributed by atoms with van der Waals surface area (Å²) in [5, 5.41) is 4.50. The predicted octanol–water partition coefficient (Wildman–Crippen LogP) is 2.91. The molecule has 1 heterocycles. The van der Waals surface area contributed by atoms with Gasteiger partial charge in [0.15, 0.2) is 0 Å². The summed E-state index contributed by atoms with van der Waals surface area (Å²) in [5.41, 5.74) is 0.755. The van der Waals surface area contributed by atoms with Gasteiger partial charge in [-0.25, -0.2) is 0 Å². The fourth-order valence-electron chi connectivity index (χ4n) is 1.59. The van der Waals surface area contributed by atoms with E-state index in [1.807, 2.05) is 18.2 Å². The number of rotatable bonds is 1. The number of hydrogen-bond acceptors (Lipinski definition) is 2. The van der Waals surface area contributed by atoms with Crippen LogP contribution in [0, 0.1) is 6.92 Å². The first-order valence-corrected chi connectivity index (χ1v) is 5.67. The molecule has 15 heavy (non-hydrogen) atoms. The number of nitrogens with zero attached hydrogens (tertiary/aromatic N) is 1. The lowest BCUT2D eigenvalue weighted by atomic mass is 10.1. The van der Waals surface area contributed by atoms with Gasteiger partial charge in [-0.2, -0.15) is 0 Å². The number of hydrogen-bond donors (Lipinski definition) is 0. The third kappa shape index (κ3) is 1.75. The molecule has 0 atom stereocenters. The van der Waals surface area contributed by atoms with Crippen molar-refractivity contribution in [3.05, 3.63) is 34.0 Å². The van der Waals surface area contributed by atoms with E-state index in [0.29, 0.717) is 0 Å². The molecule has 0 saturated carbocycles. The molecular weight excluding hydrogens is 206 g/mol. The minimum atomic E-state index is 0.0563. The topological polar surface area (TPSA) is 20.3 Å². The monoisotopic (exact) mass is 219 g/mol. The summed E-state index contributed by atoms with van der Waals surface area (Å²) in [6, 6.07) is 5.88. The normalized spacial score (nSPS) is 10.6. The highest BCUT2D eigenvalue weighted by Gasteiger charge is 2.09. The Kier molecular flexibility index (Phi) is 2.49. The summed E-state index contributed by atoms with van der Waals surface area (Å²) in [4.78, 5) is 14.6. The van der Waals surface area contributed by atoms with Gasteiger partial charge in [0.05, 0.1) is 0 Å². The highest BCUT2D eigenvalue weighted by Crippen LogP contribution is 2.25. The number of fused-ring (bicyclic) bond motifs is 1. The van der Waals surface area contributed by atoms with E-state index >= 15 is 0 Å². The van der Waals surface area contributed by atoms with E-state index in [-0.39, 0.29) is 5.91 Å². The number of aryl methyl sites for hydroxylation is 1. The zero-order chi connectivity index (χ0) is 11.0. The highest BCUT2D eigenvalue weighted by molar-refractivity contribution is 7.11. The molecule has 1 amide bonds. The summed E-state index contributed by atoms with van der Waals surface area (Å²) >= 11 is 1.72. The Hall–Kier alpha value is -1.35. The van der Waals surface area contributed by atoms with Crippen molar-refractivity contribution in [1.29, 1.82) is 0 Å². The van der Waals surface area contributed by atoms with Crippen molar-refractivity contribution in [2.24, 2.45) is 0 Å². The average molecular weight is 219 g/mol. The first kappa shape index (κ1) is 10.2. The molecule has 1 aromatic carbocycles. The van der Waals surface area contributed by atoms with Crippen LogP contribution in [0.25, 0.3) is 10.8 Å². The summed E-state index contributed by atoms with van der Waals surface area (Å²) in [6.07, 6.45) is 0. The fourth-order valence-corrected chi connectivity index (χ4v) is 2.40. The van der Waals surface area contributed by atoms with Crippen LogP contribution in [0.5, 0.6) is 0 Å². The Balaban J connectivity index is 2.52. The van der Waals surface area contributed by atoms with Crippen LogP contribution in [0.1, 0.15) is 15.2 Å². The van der Waals surface area contributed by atoms with E-state index < -0.39 is 0 Å². The lowest BCUT2D eigenvalue weighted by Gasteiger charge is -2.09. The Morgan fingerprint density at radius 2 is 2.07 bits per heavy atom.